The van der Waals surface area contributed by atoms with Gasteiger partial charge >= 0.3 is 0 Å². The third-order valence-electron chi connectivity index (χ3n) is 6.02. The number of carbonyl (C=O) groups is 2. The maximum atomic E-state index is 13.0. The van der Waals surface area contributed by atoms with Crippen LogP contribution in [0.25, 0.3) is 0 Å². The van der Waals surface area contributed by atoms with Crippen molar-refractivity contribution in [2.24, 2.45) is 11.8 Å². The molecule has 0 aliphatic carbocycles. The zero-order valence-electron chi connectivity index (χ0n) is 20.3. The number of ether oxygens (including phenoxy) is 1. The molecular weight excluding hydrogens is 390 g/mol. The van der Waals surface area contributed by atoms with Crippen molar-refractivity contribution in [3.63, 3.8) is 0 Å². The minimum atomic E-state index is -0.577. The number of carbonyl (C=O) groups excluding carboxylic acids is 2. The van der Waals surface area contributed by atoms with E-state index in [-0.39, 0.29) is 29.2 Å². The predicted molar refractivity (Wildman–Crippen MR) is 125 cm³/mol. The third-order valence-corrected chi connectivity index (χ3v) is 6.02. The van der Waals surface area contributed by atoms with E-state index >= 15 is 0 Å². The molecule has 2 amide bonds. The molecule has 1 heterocycles. The number of hydrogen-bond acceptors (Lipinski definition) is 4. The van der Waals surface area contributed by atoms with Crippen molar-refractivity contribution >= 4 is 11.8 Å². The summed E-state index contributed by atoms with van der Waals surface area (Å²) < 4.78 is 5.46. The first kappa shape index (κ1) is 25.3. The van der Waals surface area contributed by atoms with Crippen molar-refractivity contribution in [2.75, 3.05) is 32.8 Å². The number of hydrogen-bond donors (Lipinski definition) is 2. The normalized spacial score (nSPS) is 17.5. The van der Waals surface area contributed by atoms with Crippen LogP contribution in [0.15, 0.2) is 24.3 Å². The monoisotopic (exact) mass is 431 g/mol. The van der Waals surface area contributed by atoms with Gasteiger partial charge in [-0.1, -0.05) is 60.6 Å². The summed E-state index contributed by atoms with van der Waals surface area (Å²) in [7, 11) is 0. The van der Waals surface area contributed by atoms with Crippen LogP contribution in [0.1, 0.15) is 64.4 Å². The first-order valence-electron chi connectivity index (χ1n) is 11.5. The van der Waals surface area contributed by atoms with Crippen LogP contribution in [0, 0.1) is 11.8 Å². The van der Waals surface area contributed by atoms with Crippen molar-refractivity contribution in [1.29, 1.82) is 0 Å². The van der Waals surface area contributed by atoms with Gasteiger partial charge in [-0.05, 0) is 34.9 Å². The highest BCUT2D eigenvalue weighted by Gasteiger charge is 2.28. The smallest absolute Gasteiger partial charge is 0.251 e. The molecule has 1 aliphatic heterocycles. The van der Waals surface area contributed by atoms with E-state index in [1.165, 1.54) is 5.56 Å². The van der Waals surface area contributed by atoms with Crippen molar-refractivity contribution in [3.05, 3.63) is 35.4 Å². The lowest BCUT2D eigenvalue weighted by molar-refractivity contribution is -0.124. The van der Waals surface area contributed by atoms with Gasteiger partial charge in [0.05, 0.1) is 13.2 Å². The molecule has 31 heavy (non-hydrogen) atoms. The quantitative estimate of drug-likeness (QED) is 0.663. The standard InChI is InChI=1S/C25H41N3O3/c1-17(2)21(28-12-14-31-15-13-28)16-26-24(30)22(18(3)4)27-23(29)19-8-10-20(11-9-19)25(5,6)7/h8-11,17-18,21-22H,12-16H2,1-7H3,(H,26,30)(H,27,29). The van der Waals surface area contributed by atoms with Crippen LogP contribution in [-0.2, 0) is 14.9 Å². The number of morpholine rings is 1. The molecular formula is C25H41N3O3. The zero-order valence-corrected chi connectivity index (χ0v) is 20.3. The van der Waals surface area contributed by atoms with Crippen LogP contribution in [0.4, 0.5) is 0 Å². The first-order valence-corrected chi connectivity index (χ1v) is 11.5. The van der Waals surface area contributed by atoms with E-state index in [4.69, 9.17) is 4.74 Å². The average Bonchev–Trinajstić information content (AvgIpc) is 2.71. The van der Waals surface area contributed by atoms with Crippen LogP contribution in [0.2, 0.25) is 0 Å². The number of nitrogens with one attached hydrogen (secondary N) is 2. The second kappa shape index (κ2) is 11.1. The van der Waals surface area contributed by atoms with Crippen molar-refractivity contribution < 1.29 is 14.3 Å². The van der Waals surface area contributed by atoms with E-state index < -0.39 is 6.04 Å². The van der Waals surface area contributed by atoms with Gasteiger partial charge in [0, 0.05) is 31.2 Å². The van der Waals surface area contributed by atoms with Gasteiger partial charge in [-0.2, -0.15) is 0 Å². The number of rotatable bonds is 8. The molecule has 6 nitrogen and oxygen atoms in total. The molecule has 0 aromatic heterocycles. The summed E-state index contributed by atoms with van der Waals surface area (Å²) in [4.78, 5) is 28.2. The van der Waals surface area contributed by atoms with Crippen LogP contribution in [0.3, 0.4) is 0 Å². The van der Waals surface area contributed by atoms with E-state index in [9.17, 15) is 9.59 Å². The molecule has 2 unspecified atom stereocenters. The first-order chi connectivity index (χ1) is 14.5. The fourth-order valence-corrected chi connectivity index (χ4v) is 3.89. The van der Waals surface area contributed by atoms with Gasteiger partial charge in [0.2, 0.25) is 5.91 Å². The maximum absolute atomic E-state index is 13.0. The summed E-state index contributed by atoms with van der Waals surface area (Å²) in [6, 6.07) is 7.30. The largest absolute Gasteiger partial charge is 0.379 e. The Labute approximate surface area is 188 Å². The van der Waals surface area contributed by atoms with Gasteiger partial charge in [-0.3, -0.25) is 14.5 Å². The Morgan fingerprint density at radius 1 is 1.00 bits per heavy atom. The van der Waals surface area contributed by atoms with Gasteiger partial charge in [-0.15, -0.1) is 0 Å². The Morgan fingerprint density at radius 2 is 1.58 bits per heavy atom. The van der Waals surface area contributed by atoms with Crippen molar-refractivity contribution in [2.45, 2.75) is 66.0 Å². The Bertz CT molecular complexity index is 717. The molecule has 174 valence electrons. The lowest BCUT2D eigenvalue weighted by atomic mass is 9.86. The Balaban J connectivity index is 2.00. The van der Waals surface area contributed by atoms with E-state index in [1.54, 1.807) is 0 Å². The molecule has 2 atom stereocenters. The summed E-state index contributed by atoms with van der Waals surface area (Å²) in [6.07, 6.45) is 0. The minimum absolute atomic E-state index is 0.0151. The third kappa shape index (κ3) is 7.32. The second-order valence-corrected chi connectivity index (χ2v) is 10.2. The van der Waals surface area contributed by atoms with Crippen LogP contribution in [0.5, 0.6) is 0 Å². The fraction of sp³-hybridized carbons (Fsp3) is 0.680. The SMILES string of the molecule is CC(C)C(NC(=O)c1ccc(C(C)(C)C)cc1)C(=O)NCC(C(C)C)N1CCOCC1. The topological polar surface area (TPSA) is 70.7 Å². The second-order valence-electron chi connectivity index (χ2n) is 10.2. The molecule has 0 saturated carbocycles. The highest BCUT2D eigenvalue weighted by atomic mass is 16.5. The maximum Gasteiger partial charge on any atom is 0.251 e. The molecule has 0 radical (unpaired) electrons. The van der Waals surface area contributed by atoms with Crippen LogP contribution < -0.4 is 10.6 Å². The Morgan fingerprint density at radius 3 is 2.06 bits per heavy atom. The lowest BCUT2D eigenvalue weighted by Crippen LogP contribution is -2.55. The summed E-state index contributed by atoms with van der Waals surface area (Å²) in [5.74, 6) is 0.0435. The Hall–Kier alpha value is -1.92. The number of nitrogens with zero attached hydrogens (tertiary/aromatic N) is 1. The molecule has 1 fully saturated rings. The van der Waals surface area contributed by atoms with Gasteiger partial charge in [0.1, 0.15) is 6.04 Å². The van der Waals surface area contributed by atoms with Crippen LogP contribution >= 0.6 is 0 Å². The molecule has 1 aliphatic rings. The zero-order chi connectivity index (χ0) is 23.2. The summed E-state index contributed by atoms with van der Waals surface area (Å²) >= 11 is 0. The van der Waals surface area contributed by atoms with Crippen molar-refractivity contribution in [3.8, 4) is 0 Å². The van der Waals surface area contributed by atoms with E-state index in [0.29, 0.717) is 18.0 Å². The molecule has 6 heteroatoms. The predicted octanol–water partition coefficient (Wildman–Crippen LogP) is 3.21. The van der Waals surface area contributed by atoms with E-state index in [0.717, 1.165) is 26.3 Å². The fourth-order valence-electron chi connectivity index (χ4n) is 3.89. The molecule has 2 rings (SSSR count). The number of amides is 2. The lowest BCUT2D eigenvalue weighted by Gasteiger charge is -2.37. The molecule has 2 N–H and O–H groups in total. The van der Waals surface area contributed by atoms with E-state index in [1.807, 2.05) is 38.1 Å². The summed E-state index contributed by atoms with van der Waals surface area (Å²) in [5, 5.41) is 6.03. The molecule has 1 aromatic rings. The van der Waals surface area contributed by atoms with Crippen LogP contribution in [-0.4, -0.2) is 61.6 Å². The average molecular weight is 432 g/mol. The molecule has 1 aromatic carbocycles. The van der Waals surface area contributed by atoms with E-state index in [2.05, 4.69) is 50.2 Å². The molecule has 0 spiro atoms. The van der Waals surface area contributed by atoms with Crippen molar-refractivity contribution in [1.82, 2.24) is 15.5 Å². The van der Waals surface area contributed by atoms with Gasteiger partial charge in [0.15, 0.2) is 0 Å². The highest BCUT2D eigenvalue weighted by Crippen LogP contribution is 2.22. The molecule has 1 saturated heterocycles. The van der Waals surface area contributed by atoms with Gasteiger partial charge < -0.3 is 15.4 Å². The van der Waals surface area contributed by atoms with Gasteiger partial charge in [-0.25, -0.2) is 0 Å². The Kier molecular flexibility index (Phi) is 9.07. The minimum Gasteiger partial charge on any atom is -0.379 e. The summed E-state index contributed by atoms with van der Waals surface area (Å²) in [6.45, 7) is 18.5. The summed E-state index contributed by atoms with van der Waals surface area (Å²) in [5.41, 5.74) is 1.77. The highest BCUT2D eigenvalue weighted by molar-refractivity contribution is 5.97. The number of benzene rings is 1. The molecule has 0 bridgehead atoms. The van der Waals surface area contributed by atoms with Gasteiger partial charge in [0.25, 0.3) is 5.91 Å².